The number of nitrogens with zero attached hydrogens (tertiary/aromatic N) is 5. The molecule has 2 heterocycles. The van der Waals surface area contributed by atoms with Crippen LogP contribution < -0.4 is 15.4 Å². The number of rotatable bonds is 4. The van der Waals surface area contributed by atoms with Crippen molar-refractivity contribution in [1.29, 1.82) is 0 Å². The van der Waals surface area contributed by atoms with Gasteiger partial charge in [0.1, 0.15) is 5.75 Å². The fourth-order valence-corrected chi connectivity index (χ4v) is 2.79. The highest BCUT2D eigenvalue weighted by atomic mass is 31.0. The summed E-state index contributed by atoms with van der Waals surface area (Å²) in [6.07, 6.45) is 0. The third-order valence-electron chi connectivity index (χ3n) is 3.95. The Balaban J connectivity index is 1.75. The van der Waals surface area contributed by atoms with Gasteiger partial charge < -0.3 is 10.1 Å². The van der Waals surface area contributed by atoms with Gasteiger partial charge in [-0.1, -0.05) is 12.1 Å². The van der Waals surface area contributed by atoms with E-state index in [2.05, 4.69) is 34.8 Å². The zero-order valence-corrected chi connectivity index (χ0v) is 15.5. The van der Waals surface area contributed by atoms with Gasteiger partial charge in [0.15, 0.2) is 11.2 Å². The Morgan fingerprint density at radius 2 is 1.73 bits per heavy atom. The molecule has 1 unspecified atom stereocenters. The second-order valence-corrected chi connectivity index (χ2v) is 6.42. The van der Waals surface area contributed by atoms with Crippen LogP contribution in [-0.4, -0.2) is 32.1 Å². The molecule has 1 N–H and O–H groups in total. The summed E-state index contributed by atoms with van der Waals surface area (Å²) in [5.41, 5.74) is 3.86. The molecule has 1 atom stereocenters. The molecule has 2 aromatic heterocycles. The highest BCUT2D eigenvalue weighted by Crippen LogP contribution is 2.21. The SMILES string of the molecule is COc1ccc(-n2nc(C)c3nnc(Nc4ccc(P)cc4)nc32)cc1. The molecule has 7 nitrogen and oxygen atoms in total. The first-order valence-electron chi connectivity index (χ1n) is 8.01. The summed E-state index contributed by atoms with van der Waals surface area (Å²) in [7, 11) is 4.30. The van der Waals surface area contributed by atoms with E-state index in [9.17, 15) is 0 Å². The van der Waals surface area contributed by atoms with E-state index in [1.165, 1.54) is 0 Å². The minimum atomic E-state index is 0.420. The summed E-state index contributed by atoms with van der Waals surface area (Å²) in [5.74, 6) is 1.21. The van der Waals surface area contributed by atoms with Gasteiger partial charge in [-0.05, 0) is 48.6 Å². The van der Waals surface area contributed by atoms with Crippen molar-refractivity contribution in [2.45, 2.75) is 6.92 Å². The highest BCUT2D eigenvalue weighted by Gasteiger charge is 2.14. The molecule has 0 spiro atoms. The maximum Gasteiger partial charge on any atom is 0.249 e. The molecule has 4 rings (SSSR count). The normalized spacial score (nSPS) is 10.9. The van der Waals surface area contributed by atoms with E-state index in [0.29, 0.717) is 17.1 Å². The Hall–Kier alpha value is -3.05. The number of hydrogen-bond acceptors (Lipinski definition) is 6. The maximum atomic E-state index is 5.21. The quantitative estimate of drug-likeness (QED) is 0.561. The summed E-state index contributed by atoms with van der Waals surface area (Å²) >= 11 is 0. The number of aromatic nitrogens is 5. The third-order valence-corrected chi connectivity index (χ3v) is 4.33. The van der Waals surface area contributed by atoms with Crippen molar-refractivity contribution in [3.63, 3.8) is 0 Å². The molecule has 0 aliphatic rings. The Morgan fingerprint density at radius 1 is 1.00 bits per heavy atom. The number of fused-ring (bicyclic) bond motifs is 1. The summed E-state index contributed by atoms with van der Waals surface area (Å²) < 4.78 is 6.97. The van der Waals surface area contributed by atoms with Gasteiger partial charge >= 0.3 is 0 Å². The molecule has 0 saturated carbocycles. The van der Waals surface area contributed by atoms with Gasteiger partial charge in [-0.25, -0.2) is 4.68 Å². The molecule has 4 aromatic rings. The predicted molar refractivity (Wildman–Crippen MR) is 105 cm³/mol. The van der Waals surface area contributed by atoms with Crippen molar-refractivity contribution in [3.8, 4) is 11.4 Å². The molecular formula is C18H17N6OP. The molecule has 8 heteroatoms. The van der Waals surface area contributed by atoms with E-state index in [1.807, 2.05) is 55.5 Å². The number of hydrogen-bond donors (Lipinski definition) is 1. The van der Waals surface area contributed by atoms with E-state index in [1.54, 1.807) is 11.8 Å². The zero-order valence-electron chi connectivity index (χ0n) is 14.3. The second-order valence-electron chi connectivity index (χ2n) is 5.75. The molecule has 26 heavy (non-hydrogen) atoms. The molecular weight excluding hydrogens is 347 g/mol. The average Bonchev–Trinajstić information content (AvgIpc) is 3.00. The van der Waals surface area contributed by atoms with E-state index >= 15 is 0 Å². The van der Waals surface area contributed by atoms with Gasteiger partial charge in [0.2, 0.25) is 5.95 Å². The van der Waals surface area contributed by atoms with E-state index in [-0.39, 0.29) is 0 Å². The number of anilines is 2. The van der Waals surface area contributed by atoms with Crippen molar-refractivity contribution >= 4 is 37.3 Å². The topological polar surface area (TPSA) is 77.8 Å². The monoisotopic (exact) mass is 364 g/mol. The van der Waals surface area contributed by atoms with Crippen molar-refractivity contribution in [1.82, 2.24) is 25.0 Å². The fraction of sp³-hybridized carbons (Fsp3) is 0.111. The lowest BCUT2D eigenvalue weighted by Crippen LogP contribution is -2.03. The van der Waals surface area contributed by atoms with Crippen LogP contribution in [0.3, 0.4) is 0 Å². The number of nitrogens with one attached hydrogen (secondary N) is 1. The predicted octanol–water partition coefficient (Wildman–Crippen LogP) is 2.77. The van der Waals surface area contributed by atoms with Gasteiger partial charge in [0, 0.05) is 5.69 Å². The largest absolute Gasteiger partial charge is 0.497 e. The first kappa shape index (κ1) is 16.4. The number of methoxy groups -OCH3 is 1. The Labute approximate surface area is 152 Å². The van der Waals surface area contributed by atoms with Crippen LogP contribution in [0, 0.1) is 6.92 Å². The molecule has 0 amide bonds. The van der Waals surface area contributed by atoms with Crippen LogP contribution in [0.2, 0.25) is 0 Å². The smallest absolute Gasteiger partial charge is 0.249 e. The van der Waals surface area contributed by atoms with Crippen LogP contribution in [0.5, 0.6) is 5.75 Å². The summed E-state index contributed by atoms with van der Waals surface area (Å²) in [5, 5.41) is 17.3. The lowest BCUT2D eigenvalue weighted by molar-refractivity contribution is 0.414. The summed E-state index contributed by atoms with van der Waals surface area (Å²) in [4.78, 5) is 4.61. The molecule has 0 saturated heterocycles. The average molecular weight is 364 g/mol. The van der Waals surface area contributed by atoms with Crippen LogP contribution in [0.15, 0.2) is 48.5 Å². The van der Waals surface area contributed by atoms with Gasteiger partial charge in [-0.3, -0.25) is 0 Å². The lowest BCUT2D eigenvalue weighted by Gasteiger charge is -2.06. The summed E-state index contributed by atoms with van der Waals surface area (Å²) in [6.45, 7) is 1.89. The number of benzene rings is 2. The first-order chi connectivity index (χ1) is 12.6. The minimum Gasteiger partial charge on any atom is -0.497 e. The number of ether oxygens (including phenoxy) is 1. The molecule has 0 aliphatic heterocycles. The first-order valence-corrected chi connectivity index (χ1v) is 8.59. The Morgan fingerprint density at radius 3 is 2.42 bits per heavy atom. The van der Waals surface area contributed by atoms with E-state index < -0.39 is 0 Å². The van der Waals surface area contributed by atoms with Crippen LogP contribution in [0.4, 0.5) is 11.6 Å². The van der Waals surface area contributed by atoms with Crippen molar-refractivity contribution in [2.75, 3.05) is 12.4 Å². The van der Waals surface area contributed by atoms with Crippen LogP contribution >= 0.6 is 9.24 Å². The molecule has 0 radical (unpaired) electrons. The molecule has 2 aromatic carbocycles. The van der Waals surface area contributed by atoms with E-state index in [0.717, 1.165) is 28.1 Å². The fourth-order valence-electron chi connectivity index (χ4n) is 2.60. The van der Waals surface area contributed by atoms with Crippen molar-refractivity contribution in [2.24, 2.45) is 0 Å². The Kier molecular flexibility index (Phi) is 4.22. The third kappa shape index (κ3) is 3.09. The Bertz CT molecular complexity index is 1060. The minimum absolute atomic E-state index is 0.420. The van der Waals surface area contributed by atoms with Gasteiger partial charge in [0.25, 0.3) is 0 Å². The van der Waals surface area contributed by atoms with Gasteiger partial charge in [0.05, 0.1) is 18.5 Å². The van der Waals surface area contributed by atoms with Gasteiger partial charge in [-0.2, -0.15) is 10.1 Å². The van der Waals surface area contributed by atoms with Crippen molar-refractivity contribution < 1.29 is 4.74 Å². The molecule has 0 aliphatic carbocycles. The standard InChI is InChI=1S/C18H17N6OP/c1-11-16-17(24(23-11)13-5-7-14(25-2)8-6-13)20-18(22-21-16)19-12-3-9-15(26)10-4-12/h3-10H,26H2,1-2H3,(H,19,20,22). The van der Waals surface area contributed by atoms with Crippen molar-refractivity contribution in [3.05, 3.63) is 54.2 Å². The highest BCUT2D eigenvalue weighted by molar-refractivity contribution is 7.27. The lowest BCUT2D eigenvalue weighted by atomic mass is 10.3. The van der Waals surface area contributed by atoms with Crippen LogP contribution in [0.1, 0.15) is 5.69 Å². The zero-order chi connectivity index (χ0) is 18.1. The molecule has 0 fully saturated rings. The van der Waals surface area contributed by atoms with Crippen LogP contribution in [-0.2, 0) is 0 Å². The molecule has 0 bridgehead atoms. The molecule has 130 valence electrons. The maximum absolute atomic E-state index is 5.21. The van der Waals surface area contributed by atoms with Gasteiger partial charge in [-0.15, -0.1) is 19.4 Å². The summed E-state index contributed by atoms with van der Waals surface area (Å²) in [6, 6.07) is 15.5. The number of aryl methyl sites for hydroxylation is 1. The van der Waals surface area contributed by atoms with E-state index in [4.69, 9.17) is 4.74 Å². The van der Waals surface area contributed by atoms with Crippen LogP contribution in [0.25, 0.3) is 16.9 Å². The second kappa shape index (κ2) is 6.69.